The van der Waals surface area contributed by atoms with Crippen LogP contribution in [0.15, 0.2) is 53.4 Å². The third-order valence-corrected chi connectivity index (χ3v) is 3.86. The van der Waals surface area contributed by atoms with Gasteiger partial charge in [0.2, 0.25) is 0 Å². The maximum absolute atomic E-state index is 5.81. The van der Waals surface area contributed by atoms with Crippen LogP contribution >= 0.6 is 11.8 Å². The van der Waals surface area contributed by atoms with Gasteiger partial charge in [-0.25, -0.2) is 0 Å². The summed E-state index contributed by atoms with van der Waals surface area (Å²) >= 11 is 1.80. The van der Waals surface area contributed by atoms with Crippen LogP contribution in [-0.2, 0) is 0 Å². The number of nitrogen functional groups attached to an aromatic ring is 1. The summed E-state index contributed by atoms with van der Waals surface area (Å²) in [7, 11) is 1.68. The molecule has 0 saturated heterocycles. The molecule has 0 fully saturated rings. The Morgan fingerprint density at radius 1 is 1.10 bits per heavy atom. The molecular weight excluding hydrogens is 270 g/mol. The molecule has 0 radical (unpaired) electrons. The van der Waals surface area contributed by atoms with E-state index in [9.17, 15) is 0 Å². The van der Waals surface area contributed by atoms with Gasteiger partial charge in [-0.15, -0.1) is 11.8 Å². The summed E-state index contributed by atoms with van der Waals surface area (Å²) in [6, 6.07) is 15.7. The molecule has 0 aliphatic rings. The van der Waals surface area contributed by atoms with Gasteiger partial charge in [-0.3, -0.25) is 0 Å². The van der Waals surface area contributed by atoms with Crippen LogP contribution < -0.4 is 15.2 Å². The minimum atomic E-state index is 0.672. The molecule has 0 unspecified atom stereocenters. The molecule has 2 N–H and O–H groups in total. The van der Waals surface area contributed by atoms with E-state index in [1.165, 1.54) is 4.90 Å². The van der Waals surface area contributed by atoms with Gasteiger partial charge in [-0.1, -0.05) is 18.2 Å². The zero-order chi connectivity index (χ0) is 14.2. The molecule has 2 aromatic rings. The summed E-state index contributed by atoms with van der Waals surface area (Å²) in [5, 5.41) is 0. The van der Waals surface area contributed by atoms with Gasteiger partial charge in [0.05, 0.1) is 19.4 Å². The molecule has 0 bridgehead atoms. The number of hydrogen-bond acceptors (Lipinski definition) is 4. The predicted molar refractivity (Wildman–Crippen MR) is 84.7 cm³/mol. The number of benzene rings is 2. The van der Waals surface area contributed by atoms with Gasteiger partial charge in [0, 0.05) is 10.6 Å². The predicted octanol–water partition coefficient (Wildman–Crippen LogP) is 3.84. The number of methoxy groups -OCH3 is 1. The minimum Gasteiger partial charge on any atom is -0.497 e. The molecular formula is C16H19NO2S. The van der Waals surface area contributed by atoms with Crippen molar-refractivity contribution in [1.29, 1.82) is 0 Å². The average Bonchev–Trinajstić information content (AvgIpc) is 2.49. The summed E-state index contributed by atoms with van der Waals surface area (Å²) in [6.45, 7) is 0.672. The van der Waals surface area contributed by atoms with E-state index in [1.54, 1.807) is 18.9 Å². The van der Waals surface area contributed by atoms with Crippen LogP contribution in [0.1, 0.15) is 6.42 Å². The summed E-state index contributed by atoms with van der Waals surface area (Å²) in [4.78, 5) is 1.21. The first-order valence-corrected chi connectivity index (χ1v) is 7.52. The number of thioether (sulfide) groups is 1. The van der Waals surface area contributed by atoms with Gasteiger partial charge >= 0.3 is 0 Å². The Morgan fingerprint density at radius 3 is 2.75 bits per heavy atom. The van der Waals surface area contributed by atoms with E-state index < -0.39 is 0 Å². The smallest absolute Gasteiger partial charge is 0.142 e. The molecule has 0 aromatic heterocycles. The number of nitrogens with two attached hydrogens (primary N) is 1. The van der Waals surface area contributed by atoms with Crippen molar-refractivity contribution in [2.24, 2.45) is 0 Å². The molecule has 3 nitrogen and oxygen atoms in total. The highest BCUT2D eigenvalue weighted by molar-refractivity contribution is 7.99. The normalized spacial score (nSPS) is 10.2. The SMILES string of the molecule is COc1cccc(SCCCOc2ccccc2N)c1. The molecule has 0 saturated carbocycles. The van der Waals surface area contributed by atoms with Crippen LogP contribution in [0.2, 0.25) is 0 Å². The van der Waals surface area contributed by atoms with E-state index in [1.807, 2.05) is 42.5 Å². The highest BCUT2D eigenvalue weighted by Crippen LogP contribution is 2.24. The molecule has 0 spiro atoms. The van der Waals surface area contributed by atoms with E-state index in [0.717, 1.165) is 23.7 Å². The zero-order valence-corrected chi connectivity index (χ0v) is 12.4. The van der Waals surface area contributed by atoms with Crippen molar-refractivity contribution in [3.63, 3.8) is 0 Å². The number of hydrogen-bond donors (Lipinski definition) is 1. The quantitative estimate of drug-likeness (QED) is 0.478. The van der Waals surface area contributed by atoms with Crippen molar-refractivity contribution in [2.45, 2.75) is 11.3 Å². The summed E-state index contributed by atoms with van der Waals surface area (Å²) < 4.78 is 10.9. The lowest BCUT2D eigenvalue weighted by atomic mass is 10.3. The molecule has 0 atom stereocenters. The van der Waals surface area contributed by atoms with Gasteiger partial charge in [0.25, 0.3) is 0 Å². The average molecular weight is 289 g/mol. The topological polar surface area (TPSA) is 44.5 Å². The molecule has 0 amide bonds. The van der Waals surface area contributed by atoms with Crippen molar-refractivity contribution >= 4 is 17.4 Å². The fraction of sp³-hybridized carbons (Fsp3) is 0.250. The second-order valence-corrected chi connectivity index (χ2v) is 5.44. The lowest BCUT2D eigenvalue weighted by Crippen LogP contribution is -2.01. The number of ether oxygens (including phenoxy) is 2. The molecule has 0 aliphatic carbocycles. The first-order valence-electron chi connectivity index (χ1n) is 6.54. The van der Waals surface area contributed by atoms with Crippen LogP contribution in [0.25, 0.3) is 0 Å². The monoisotopic (exact) mass is 289 g/mol. The molecule has 106 valence electrons. The maximum atomic E-state index is 5.81. The van der Waals surface area contributed by atoms with Gasteiger partial charge in [-0.2, -0.15) is 0 Å². The minimum absolute atomic E-state index is 0.672. The van der Waals surface area contributed by atoms with E-state index >= 15 is 0 Å². The van der Waals surface area contributed by atoms with Gasteiger partial charge in [0.1, 0.15) is 11.5 Å². The lowest BCUT2D eigenvalue weighted by Gasteiger charge is -2.08. The zero-order valence-electron chi connectivity index (χ0n) is 11.5. The van der Waals surface area contributed by atoms with Crippen molar-refractivity contribution in [3.8, 4) is 11.5 Å². The first-order chi connectivity index (χ1) is 9.79. The van der Waals surface area contributed by atoms with Crippen molar-refractivity contribution in [3.05, 3.63) is 48.5 Å². The van der Waals surface area contributed by atoms with E-state index in [2.05, 4.69) is 6.07 Å². The van der Waals surface area contributed by atoms with Crippen LogP contribution in [-0.4, -0.2) is 19.5 Å². The van der Waals surface area contributed by atoms with Gasteiger partial charge in [-0.05, 0) is 36.8 Å². The highest BCUT2D eigenvalue weighted by atomic mass is 32.2. The van der Waals surface area contributed by atoms with Gasteiger partial charge in [0.15, 0.2) is 0 Å². The fourth-order valence-corrected chi connectivity index (χ4v) is 2.61. The summed E-state index contributed by atoms with van der Waals surface area (Å²) in [6.07, 6.45) is 0.968. The van der Waals surface area contributed by atoms with Gasteiger partial charge < -0.3 is 15.2 Å². The van der Waals surface area contributed by atoms with Crippen molar-refractivity contribution in [1.82, 2.24) is 0 Å². The third kappa shape index (κ3) is 4.38. The Bertz CT molecular complexity index is 546. The second kappa shape index (κ2) is 7.70. The lowest BCUT2D eigenvalue weighted by molar-refractivity contribution is 0.320. The summed E-state index contributed by atoms with van der Waals surface area (Å²) in [5.41, 5.74) is 6.50. The fourth-order valence-electron chi connectivity index (χ4n) is 1.73. The number of para-hydroxylation sites is 2. The van der Waals surface area contributed by atoms with E-state index in [0.29, 0.717) is 12.3 Å². The van der Waals surface area contributed by atoms with E-state index in [-0.39, 0.29) is 0 Å². The van der Waals surface area contributed by atoms with Crippen molar-refractivity contribution in [2.75, 3.05) is 25.2 Å². The molecule has 4 heteroatoms. The summed E-state index contributed by atoms with van der Waals surface area (Å²) in [5.74, 6) is 2.65. The van der Waals surface area contributed by atoms with Crippen LogP contribution in [0.4, 0.5) is 5.69 Å². The second-order valence-electron chi connectivity index (χ2n) is 4.27. The largest absolute Gasteiger partial charge is 0.497 e. The number of anilines is 1. The Balaban J connectivity index is 1.70. The molecule has 20 heavy (non-hydrogen) atoms. The molecule has 2 rings (SSSR count). The standard InChI is InChI=1S/C16H19NO2S/c1-18-13-6-4-7-14(12-13)20-11-5-10-19-16-9-3-2-8-15(16)17/h2-4,6-9,12H,5,10-11,17H2,1H3. The van der Waals surface area contributed by atoms with Crippen LogP contribution in [0.3, 0.4) is 0 Å². The van der Waals surface area contributed by atoms with Crippen LogP contribution in [0, 0.1) is 0 Å². The molecule has 2 aromatic carbocycles. The Hall–Kier alpha value is -1.81. The highest BCUT2D eigenvalue weighted by Gasteiger charge is 1.99. The third-order valence-electron chi connectivity index (χ3n) is 2.78. The number of rotatable bonds is 7. The van der Waals surface area contributed by atoms with E-state index in [4.69, 9.17) is 15.2 Å². The maximum Gasteiger partial charge on any atom is 0.142 e. The molecule has 0 aliphatic heterocycles. The van der Waals surface area contributed by atoms with Crippen molar-refractivity contribution < 1.29 is 9.47 Å². The Morgan fingerprint density at radius 2 is 1.95 bits per heavy atom. The van der Waals surface area contributed by atoms with Crippen LogP contribution in [0.5, 0.6) is 11.5 Å². The molecule has 0 heterocycles. The Labute approximate surface area is 124 Å². The Kier molecular flexibility index (Phi) is 5.62. The first kappa shape index (κ1) is 14.6.